The van der Waals surface area contributed by atoms with Crippen molar-refractivity contribution in [1.29, 1.82) is 0 Å². The zero-order chi connectivity index (χ0) is 29.1. The van der Waals surface area contributed by atoms with Crippen molar-refractivity contribution in [2.24, 2.45) is 5.92 Å². The number of piperidine rings is 1. The van der Waals surface area contributed by atoms with Crippen molar-refractivity contribution in [2.45, 2.75) is 75.1 Å². The highest BCUT2D eigenvalue weighted by Gasteiger charge is 2.56. The number of carbonyl (C=O) groups is 3. The molecule has 2 fully saturated rings. The van der Waals surface area contributed by atoms with Crippen LogP contribution >= 0.6 is 23.1 Å². The van der Waals surface area contributed by atoms with E-state index in [-0.39, 0.29) is 34.6 Å². The molecular weight excluding hydrogens is 555 g/mol. The van der Waals surface area contributed by atoms with Crippen molar-refractivity contribution < 1.29 is 14.4 Å². The highest BCUT2D eigenvalue weighted by atomic mass is 32.2. The van der Waals surface area contributed by atoms with Crippen LogP contribution in [0.5, 0.6) is 0 Å². The first-order valence-electron chi connectivity index (χ1n) is 14.3. The van der Waals surface area contributed by atoms with Crippen molar-refractivity contribution >= 4 is 46.5 Å². The maximum Gasteiger partial charge on any atom is 0.308 e. The molecule has 7 nitrogen and oxygen atoms in total. The van der Waals surface area contributed by atoms with Crippen LogP contribution in [0.3, 0.4) is 0 Å². The zero-order valence-corrected chi connectivity index (χ0v) is 25.5. The summed E-state index contributed by atoms with van der Waals surface area (Å²) in [6.45, 7) is 9.78. The quantitative estimate of drug-likeness (QED) is 0.385. The minimum Gasteiger partial charge on any atom is -0.341 e. The minimum atomic E-state index is -0.686. The van der Waals surface area contributed by atoms with E-state index in [1.54, 1.807) is 4.57 Å². The Labute approximate surface area is 248 Å². The summed E-state index contributed by atoms with van der Waals surface area (Å²) in [5, 5.41) is -0.0441. The van der Waals surface area contributed by atoms with Crippen molar-refractivity contribution in [3.05, 3.63) is 79.8 Å². The number of rotatable bonds is 4. The van der Waals surface area contributed by atoms with Crippen LogP contribution in [-0.2, 0) is 26.3 Å². The molecule has 6 rings (SSSR count). The second-order valence-electron chi connectivity index (χ2n) is 12.3. The third-order valence-corrected chi connectivity index (χ3v) is 11.1. The molecule has 2 saturated heterocycles. The molecule has 0 spiro atoms. The fourth-order valence-electron chi connectivity index (χ4n) is 6.13. The average Bonchev–Trinajstić information content (AvgIpc) is 3.40. The van der Waals surface area contributed by atoms with Gasteiger partial charge in [0, 0.05) is 23.9 Å². The number of amides is 3. The number of likely N-dealkylation sites (tertiary alicyclic amines) is 1. The fraction of sp³-hybridized carbons (Fsp3) is 0.438. The molecule has 4 heterocycles. The Kier molecular flexibility index (Phi) is 7.22. The van der Waals surface area contributed by atoms with Gasteiger partial charge >= 0.3 is 4.87 Å². The molecule has 3 atom stereocenters. The molecule has 0 unspecified atom stereocenters. The van der Waals surface area contributed by atoms with Crippen LogP contribution in [0.1, 0.15) is 67.5 Å². The smallest absolute Gasteiger partial charge is 0.308 e. The van der Waals surface area contributed by atoms with Crippen molar-refractivity contribution in [3.63, 3.8) is 0 Å². The van der Waals surface area contributed by atoms with E-state index in [1.807, 2.05) is 48.2 Å². The number of thiazole rings is 1. The van der Waals surface area contributed by atoms with Crippen LogP contribution in [0.2, 0.25) is 0 Å². The molecule has 3 aromatic rings. The Bertz CT molecular complexity index is 1560. The number of hydrogen-bond donors (Lipinski definition) is 0. The average molecular weight is 590 g/mol. The van der Waals surface area contributed by atoms with E-state index in [0.29, 0.717) is 23.8 Å². The van der Waals surface area contributed by atoms with Crippen molar-refractivity contribution in [1.82, 2.24) is 9.47 Å². The van der Waals surface area contributed by atoms with Gasteiger partial charge in [-0.05, 0) is 54.9 Å². The predicted octanol–water partition coefficient (Wildman–Crippen LogP) is 5.32. The van der Waals surface area contributed by atoms with Crippen molar-refractivity contribution in [3.8, 4) is 0 Å². The highest BCUT2D eigenvalue weighted by molar-refractivity contribution is 8.00. The second kappa shape index (κ2) is 10.6. The molecule has 3 aliphatic heterocycles. The first-order valence-corrected chi connectivity index (χ1v) is 16.0. The fourth-order valence-corrected chi connectivity index (χ4v) is 8.90. The lowest BCUT2D eigenvalue weighted by Crippen LogP contribution is -2.39. The van der Waals surface area contributed by atoms with Gasteiger partial charge in [0.1, 0.15) is 11.8 Å². The minimum absolute atomic E-state index is 0.0427. The highest BCUT2D eigenvalue weighted by Crippen LogP contribution is 2.54. The largest absolute Gasteiger partial charge is 0.341 e. The van der Waals surface area contributed by atoms with Gasteiger partial charge in [-0.2, -0.15) is 0 Å². The number of hydrogen-bond acceptors (Lipinski definition) is 6. The summed E-state index contributed by atoms with van der Waals surface area (Å²) in [5.41, 5.74) is 3.62. The Morgan fingerprint density at radius 1 is 0.902 bits per heavy atom. The Balaban J connectivity index is 1.44. The molecule has 0 bridgehead atoms. The van der Waals surface area contributed by atoms with Crippen LogP contribution in [0, 0.1) is 12.8 Å². The summed E-state index contributed by atoms with van der Waals surface area (Å²) in [7, 11) is 0. The molecule has 3 aliphatic rings. The van der Waals surface area contributed by atoms with E-state index >= 15 is 0 Å². The molecule has 0 saturated carbocycles. The number of anilines is 1. The summed E-state index contributed by atoms with van der Waals surface area (Å²) < 4.78 is 1.54. The molecule has 41 heavy (non-hydrogen) atoms. The number of benzene rings is 2. The molecule has 214 valence electrons. The van der Waals surface area contributed by atoms with E-state index in [2.05, 4.69) is 32.9 Å². The first-order chi connectivity index (χ1) is 19.5. The lowest BCUT2D eigenvalue weighted by atomic mass is 9.81. The summed E-state index contributed by atoms with van der Waals surface area (Å²) in [6, 6.07) is 15.6. The van der Waals surface area contributed by atoms with Crippen LogP contribution in [0.15, 0.2) is 58.4 Å². The van der Waals surface area contributed by atoms with E-state index in [0.717, 1.165) is 52.2 Å². The summed E-state index contributed by atoms with van der Waals surface area (Å²) in [6.07, 6.45) is 3.05. The van der Waals surface area contributed by atoms with E-state index in [9.17, 15) is 19.2 Å². The van der Waals surface area contributed by atoms with E-state index in [1.165, 1.54) is 16.7 Å². The number of thioether (sulfide) groups is 1. The zero-order valence-electron chi connectivity index (χ0n) is 23.9. The van der Waals surface area contributed by atoms with Crippen molar-refractivity contribution in [2.75, 3.05) is 18.0 Å². The van der Waals surface area contributed by atoms with Crippen LogP contribution in [0.4, 0.5) is 5.69 Å². The predicted molar refractivity (Wildman–Crippen MR) is 163 cm³/mol. The molecular formula is C32H35N3O4S2. The molecule has 3 amide bonds. The number of aromatic nitrogens is 1. The Morgan fingerprint density at radius 2 is 1.56 bits per heavy atom. The van der Waals surface area contributed by atoms with Gasteiger partial charge in [0.05, 0.1) is 16.6 Å². The van der Waals surface area contributed by atoms with Gasteiger partial charge < -0.3 is 4.90 Å². The van der Waals surface area contributed by atoms with Gasteiger partial charge in [-0.15, -0.1) is 0 Å². The van der Waals surface area contributed by atoms with E-state index < -0.39 is 17.1 Å². The maximum absolute atomic E-state index is 14.1. The van der Waals surface area contributed by atoms with Gasteiger partial charge in [-0.25, -0.2) is 4.90 Å². The topological polar surface area (TPSA) is 79.7 Å². The van der Waals surface area contributed by atoms with Crippen LogP contribution in [-0.4, -0.2) is 45.5 Å². The number of carbonyl (C=O) groups excluding carboxylic acids is 3. The molecule has 2 aromatic carbocycles. The van der Waals surface area contributed by atoms with Gasteiger partial charge in [0.25, 0.3) is 0 Å². The van der Waals surface area contributed by atoms with Gasteiger partial charge in [-0.1, -0.05) is 85.8 Å². The lowest BCUT2D eigenvalue weighted by Gasteiger charge is -2.31. The van der Waals surface area contributed by atoms with Crippen LogP contribution < -0.4 is 9.77 Å². The van der Waals surface area contributed by atoms with Crippen LogP contribution in [0.25, 0.3) is 0 Å². The number of aryl methyl sites for hydroxylation is 1. The lowest BCUT2D eigenvalue weighted by molar-refractivity contribution is -0.133. The molecule has 0 radical (unpaired) electrons. The summed E-state index contributed by atoms with van der Waals surface area (Å²) in [4.78, 5) is 58.3. The monoisotopic (exact) mass is 589 g/mol. The summed E-state index contributed by atoms with van der Waals surface area (Å²) in [5.74, 6) is -1.70. The van der Waals surface area contributed by atoms with E-state index in [4.69, 9.17) is 0 Å². The molecule has 0 aliphatic carbocycles. The second-order valence-corrected chi connectivity index (χ2v) is 14.4. The normalized spacial score (nSPS) is 22.6. The SMILES string of the molecule is Cc1ccc(N2C(=O)[C@H]3[C@H](c4ccc(C(C)(C)C)cc4)c4sc(=O)n(CC(=O)N5CCCCC5)c4S[C@H]3C2=O)cc1. The van der Waals surface area contributed by atoms with Gasteiger partial charge in [0.2, 0.25) is 17.7 Å². The third kappa shape index (κ3) is 4.97. The number of nitrogens with zero attached hydrogens (tertiary/aromatic N) is 3. The Morgan fingerprint density at radius 3 is 2.20 bits per heavy atom. The number of imide groups is 1. The van der Waals surface area contributed by atoms with Gasteiger partial charge in [0.15, 0.2) is 0 Å². The standard InChI is InChI=1S/C32H35N3O4S2/c1-19-8-14-22(15-9-19)35-28(37)25-24(20-10-12-21(13-11-20)32(2,3)4)27-30(40-26(25)29(35)38)34(31(39)41-27)18-23(36)33-16-6-5-7-17-33/h8-15,24-26H,5-7,16-18H2,1-4H3/t24-,25-,26+/m0/s1. The molecule has 9 heteroatoms. The third-order valence-electron chi connectivity index (χ3n) is 8.48. The molecule has 1 aromatic heterocycles. The van der Waals surface area contributed by atoms with Gasteiger partial charge in [-0.3, -0.25) is 23.7 Å². The Hall–Kier alpha value is -3.17. The summed E-state index contributed by atoms with van der Waals surface area (Å²) >= 11 is 2.38. The maximum atomic E-state index is 14.1. The molecule has 0 N–H and O–H groups in total. The number of fused-ring (bicyclic) bond motifs is 2. The first kappa shape index (κ1) is 28.0.